The van der Waals surface area contributed by atoms with E-state index in [9.17, 15) is 21.6 Å². The molecule has 4 nitrogen and oxygen atoms in total. The highest BCUT2D eigenvalue weighted by atomic mass is 35.5. The minimum atomic E-state index is -4.78. The molecule has 1 atom stereocenters. The van der Waals surface area contributed by atoms with E-state index in [-0.39, 0.29) is 12.3 Å². The Kier molecular flexibility index (Phi) is 5.00. The molecule has 9 heteroatoms. The van der Waals surface area contributed by atoms with Crippen molar-refractivity contribution in [3.05, 3.63) is 23.4 Å². The highest BCUT2D eigenvalue weighted by molar-refractivity contribution is 7.92. The summed E-state index contributed by atoms with van der Waals surface area (Å²) >= 11 is 5.44. The van der Waals surface area contributed by atoms with Crippen LogP contribution < -0.4 is 0 Å². The van der Waals surface area contributed by atoms with Crippen molar-refractivity contribution in [3.8, 4) is 6.07 Å². The zero-order chi connectivity index (χ0) is 15.6. The number of rotatable bonds is 4. The van der Waals surface area contributed by atoms with Gasteiger partial charge in [0, 0.05) is 5.88 Å². The van der Waals surface area contributed by atoms with E-state index in [0.717, 1.165) is 6.07 Å². The summed E-state index contributed by atoms with van der Waals surface area (Å²) in [5, 5.41) is 6.95. The largest absolute Gasteiger partial charge is 0.433 e. The van der Waals surface area contributed by atoms with Gasteiger partial charge in [-0.2, -0.15) is 18.4 Å². The van der Waals surface area contributed by atoms with E-state index in [1.54, 1.807) is 0 Å². The normalized spacial score (nSPS) is 13.8. The molecule has 0 saturated heterocycles. The summed E-state index contributed by atoms with van der Waals surface area (Å²) in [5.74, 6) is 0.0290. The monoisotopic (exact) mass is 326 g/mol. The standard InChI is InChI=1S/C11H10ClF3N2O2S/c1-7(4-5-12)20(18,19)10-8(6-16)2-3-9(17-10)11(13,14)15/h2-3,7H,4-5H2,1H3. The summed E-state index contributed by atoms with van der Waals surface area (Å²) in [6.07, 6.45) is -4.74. The van der Waals surface area contributed by atoms with Crippen LogP contribution in [0.25, 0.3) is 0 Å². The van der Waals surface area contributed by atoms with Crippen molar-refractivity contribution >= 4 is 21.4 Å². The van der Waals surface area contributed by atoms with E-state index in [1.807, 2.05) is 0 Å². The molecule has 0 fully saturated rings. The number of aromatic nitrogens is 1. The molecule has 1 aromatic heterocycles. The Bertz CT molecular complexity index is 638. The van der Waals surface area contributed by atoms with Crippen LogP contribution >= 0.6 is 11.6 Å². The second-order valence-electron chi connectivity index (χ2n) is 3.99. The van der Waals surface area contributed by atoms with Crippen molar-refractivity contribution < 1.29 is 21.6 Å². The average molecular weight is 327 g/mol. The highest BCUT2D eigenvalue weighted by Gasteiger charge is 2.36. The maximum atomic E-state index is 12.6. The molecule has 110 valence electrons. The van der Waals surface area contributed by atoms with Gasteiger partial charge in [0.05, 0.1) is 10.8 Å². The van der Waals surface area contributed by atoms with E-state index in [1.165, 1.54) is 13.0 Å². The lowest BCUT2D eigenvalue weighted by Gasteiger charge is -2.13. The van der Waals surface area contributed by atoms with Gasteiger partial charge in [-0.1, -0.05) is 0 Å². The maximum absolute atomic E-state index is 12.6. The Morgan fingerprint density at radius 1 is 1.45 bits per heavy atom. The SMILES string of the molecule is CC(CCCl)S(=O)(=O)c1nc(C(F)(F)F)ccc1C#N. The predicted octanol–water partition coefficient (Wildman–Crippen LogP) is 2.76. The van der Waals surface area contributed by atoms with Crippen molar-refractivity contribution in [1.29, 1.82) is 5.26 Å². The molecule has 1 unspecified atom stereocenters. The number of alkyl halides is 4. The molecular weight excluding hydrogens is 317 g/mol. The van der Waals surface area contributed by atoms with Crippen LogP contribution in [0.5, 0.6) is 0 Å². The molecule has 0 aliphatic rings. The molecule has 0 aliphatic heterocycles. The van der Waals surface area contributed by atoms with Crippen LogP contribution in [0, 0.1) is 11.3 Å². The minimum absolute atomic E-state index is 0.0290. The Labute approximate surface area is 119 Å². The second-order valence-corrected chi connectivity index (χ2v) is 6.65. The molecule has 0 aliphatic carbocycles. The maximum Gasteiger partial charge on any atom is 0.433 e. The van der Waals surface area contributed by atoms with Gasteiger partial charge in [0.25, 0.3) is 0 Å². The molecule has 0 radical (unpaired) electrons. The first-order valence-corrected chi connectivity index (χ1v) is 7.51. The predicted molar refractivity (Wildman–Crippen MR) is 65.9 cm³/mol. The van der Waals surface area contributed by atoms with E-state index in [0.29, 0.717) is 6.07 Å². The van der Waals surface area contributed by atoms with Crippen LogP contribution in [0.4, 0.5) is 13.2 Å². The number of hydrogen-bond acceptors (Lipinski definition) is 4. The minimum Gasteiger partial charge on any atom is -0.230 e. The van der Waals surface area contributed by atoms with E-state index < -0.39 is 37.5 Å². The Morgan fingerprint density at radius 3 is 2.50 bits per heavy atom. The van der Waals surface area contributed by atoms with Gasteiger partial charge in [-0.3, -0.25) is 0 Å². The molecule has 1 rings (SSSR count). The van der Waals surface area contributed by atoms with Crippen LogP contribution in [0.15, 0.2) is 17.2 Å². The number of nitriles is 1. The molecule has 0 spiro atoms. The smallest absolute Gasteiger partial charge is 0.230 e. The Balaban J connectivity index is 3.47. The van der Waals surface area contributed by atoms with Crippen molar-refractivity contribution in [2.45, 2.75) is 29.8 Å². The fraction of sp³-hybridized carbons (Fsp3) is 0.455. The molecular formula is C11H10ClF3N2O2S. The van der Waals surface area contributed by atoms with E-state index in [4.69, 9.17) is 16.9 Å². The molecule has 0 aromatic carbocycles. The molecule has 0 saturated carbocycles. The molecule has 0 N–H and O–H groups in total. The summed E-state index contributed by atoms with van der Waals surface area (Å²) in [5.41, 5.74) is -1.77. The third-order valence-electron chi connectivity index (χ3n) is 2.59. The number of sulfone groups is 1. The van der Waals surface area contributed by atoms with Gasteiger partial charge < -0.3 is 0 Å². The first-order valence-electron chi connectivity index (χ1n) is 5.42. The molecule has 0 amide bonds. The summed E-state index contributed by atoms with van der Waals surface area (Å²) in [6, 6.07) is 2.91. The lowest BCUT2D eigenvalue weighted by Crippen LogP contribution is -2.22. The molecule has 1 aromatic rings. The van der Waals surface area contributed by atoms with Gasteiger partial charge in [0.2, 0.25) is 0 Å². The summed E-state index contributed by atoms with van der Waals surface area (Å²) in [7, 11) is -4.14. The van der Waals surface area contributed by atoms with E-state index in [2.05, 4.69) is 4.98 Å². The van der Waals surface area contributed by atoms with Crippen LogP contribution in [0.2, 0.25) is 0 Å². The van der Waals surface area contributed by atoms with E-state index >= 15 is 0 Å². The molecule has 0 bridgehead atoms. The summed E-state index contributed by atoms with van der Waals surface area (Å²) in [6.45, 7) is 1.31. The van der Waals surface area contributed by atoms with Gasteiger partial charge in [-0.25, -0.2) is 13.4 Å². The fourth-order valence-electron chi connectivity index (χ4n) is 1.40. The van der Waals surface area contributed by atoms with Gasteiger partial charge >= 0.3 is 6.18 Å². The number of halogens is 4. The lowest BCUT2D eigenvalue weighted by molar-refractivity contribution is -0.141. The van der Waals surface area contributed by atoms with Crippen LogP contribution in [-0.4, -0.2) is 24.5 Å². The zero-order valence-electron chi connectivity index (χ0n) is 10.3. The number of nitrogens with zero attached hydrogens (tertiary/aromatic N) is 2. The third kappa shape index (κ3) is 3.41. The summed E-state index contributed by atoms with van der Waals surface area (Å²) in [4.78, 5) is 3.11. The van der Waals surface area contributed by atoms with Crippen molar-refractivity contribution in [2.75, 3.05) is 5.88 Å². The molecule has 1 heterocycles. The van der Waals surface area contributed by atoms with Crippen LogP contribution in [0.3, 0.4) is 0 Å². The lowest BCUT2D eigenvalue weighted by atomic mass is 10.2. The Hall–Kier alpha value is -1.33. The number of pyridine rings is 1. The highest BCUT2D eigenvalue weighted by Crippen LogP contribution is 2.30. The van der Waals surface area contributed by atoms with Gasteiger partial charge in [0.15, 0.2) is 14.9 Å². The van der Waals surface area contributed by atoms with Gasteiger partial charge in [-0.15, -0.1) is 11.6 Å². The first kappa shape index (κ1) is 16.7. The second kappa shape index (κ2) is 5.97. The van der Waals surface area contributed by atoms with Gasteiger partial charge in [-0.05, 0) is 25.5 Å². The quantitative estimate of drug-likeness (QED) is 0.798. The topological polar surface area (TPSA) is 70.8 Å². The summed E-state index contributed by atoms with van der Waals surface area (Å²) < 4.78 is 62.0. The first-order chi connectivity index (χ1) is 9.14. The van der Waals surface area contributed by atoms with Crippen molar-refractivity contribution in [1.82, 2.24) is 4.98 Å². The zero-order valence-corrected chi connectivity index (χ0v) is 11.8. The number of hydrogen-bond donors (Lipinski definition) is 0. The average Bonchev–Trinajstić information content (AvgIpc) is 2.37. The molecule has 20 heavy (non-hydrogen) atoms. The van der Waals surface area contributed by atoms with Gasteiger partial charge in [0.1, 0.15) is 11.8 Å². The van der Waals surface area contributed by atoms with Crippen LogP contribution in [-0.2, 0) is 16.0 Å². The van der Waals surface area contributed by atoms with Crippen LogP contribution in [0.1, 0.15) is 24.6 Å². The third-order valence-corrected chi connectivity index (χ3v) is 4.95. The Morgan fingerprint density at radius 2 is 2.05 bits per heavy atom. The van der Waals surface area contributed by atoms with Crippen molar-refractivity contribution in [2.24, 2.45) is 0 Å². The van der Waals surface area contributed by atoms with Crippen molar-refractivity contribution in [3.63, 3.8) is 0 Å². The fourth-order valence-corrected chi connectivity index (χ4v) is 3.31.